The van der Waals surface area contributed by atoms with Gasteiger partial charge in [0.05, 0.1) is 0 Å². The minimum absolute atomic E-state index is 0.00658. The Kier molecular flexibility index (Phi) is 4.84. The molecule has 96 valence electrons. The zero-order valence-electron chi connectivity index (χ0n) is 10.3. The van der Waals surface area contributed by atoms with Crippen LogP contribution >= 0.6 is 15.9 Å². The Balaban J connectivity index is 2.76. The highest BCUT2D eigenvalue weighted by atomic mass is 79.9. The van der Waals surface area contributed by atoms with Gasteiger partial charge in [-0.3, -0.25) is 0 Å². The van der Waals surface area contributed by atoms with Crippen LogP contribution in [-0.2, 0) is 10.0 Å². The third kappa shape index (κ3) is 4.00. The Morgan fingerprint density at radius 3 is 2.31 bits per heavy atom. The zero-order chi connectivity index (χ0) is 12.4. The maximum atomic E-state index is 11.6. The summed E-state index contributed by atoms with van der Waals surface area (Å²) in [5.74, 6) is 0.440. The predicted molar refractivity (Wildman–Crippen MR) is 71.1 cm³/mol. The number of rotatable bonds is 3. The van der Waals surface area contributed by atoms with Gasteiger partial charge >= 0.3 is 0 Å². The average molecular weight is 312 g/mol. The minimum Gasteiger partial charge on any atom is -0.212 e. The topological polar surface area (TPSA) is 46.2 Å². The smallest absolute Gasteiger partial charge is 0.212 e. The molecule has 0 radical (unpaired) electrons. The molecule has 0 spiro atoms. The van der Waals surface area contributed by atoms with Crippen molar-refractivity contribution in [1.29, 1.82) is 0 Å². The molecule has 1 N–H and O–H groups in total. The summed E-state index contributed by atoms with van der Waals surface area (Å²) in [5.41, 5.74) is 0.167. The maximum Gasteiger partial charge on any atom is 0.221 e. The fourth-order valence-electron chi connectivity index (χ4n) is 2.57. The molecule has 0 saturated heterocycles. The summed E-state index contributed by atoms with van der Waals surface area (Å²) in [6.45, 7) is 6.58. The molecular formula is C11H22BrNO2S. The van der Waals surface area contributed by atoms with Gasteiger partial charge in [0.25, 0.3) is 0 Å². The van der Waals surface area contributed by atoms with E-state index < -0.39 is 10.0 Å². The van der Waals surface area contributed by atoms with Crippen LogP contribution in [0.4, 0.5) is 0 Å². The van der Waals surface area contributed by atoms with Crippen LogP contribution in [0.2, 0.25) is 0 Å². The Morgan fingerprint density at radius 2 is 1.81 bits per heavy atom. The Labute approximate surface area is 108 Å². The first-order chi connectivity index (χ1) is 7.26. The fourth-order valence-corrected chi connectivity index (χ4v) is 3.77. The summed E-state index contributed by atoms with van der Waals surface area (Å²) in [7, 11) is -3.15. The number of hydrogen-bond donors (Lipinski definition) is 1. The van der Waals surface area contributed by atoms with Crippen molar-refractivity contribution in [1.82, 2.24) is 4.72 Å². The van der Waals surface area contributed by atoms with Gasteiger partial charge in [-0.25, -0.2) is 13.1 Å². The van der Waals surface area contributed by atoms with E-state index in [1.807, 2.05) is 0 Å². The second-order valence-corrected chi connectivity index (χ2v) is 8.76. The molecule has 2 atom stereocenters. The SMILES string of the molecule is CC(C)(C)C1CCCCC1NS(=O)(=O)CBr. The summed E-state index contributed by atoms with van der Waals surface area (Å²) < 4.78 is 26.0. The van der Waals surface area contributed by atoms with Crippen molar-refractivity contribution in [2.24, 2.45) is 11.3 Å². The number of alkyl halides is 1. The molecule has 0 aromatic rings. The highest BCUT2D eigenvalue weighted by Crippen LogP contribution is 2.38. The Morgan fingerprint density at radius 1 is 1.25 bits per heavy atom. The van der Waals surface area contributed by atoms with Crippen LogP contribution in [0.1, 0.15) is 46.5 Å². The lowest BCUT2D eigenvalue weighted by Crippen LogP contribution is -2.46. The number of nitrogens with one attached hydrogen (secondary N) is 1. The molecule has 0 heterocycles. The lowest BCUT2D eigenvalue weighted by molar-refractivity contribution is 0.144. The summed E-state index contributed by atoms with van der Waals surface area (Å²) in [4.78, 5) is 0. The van der Waals surface area contributed by atoms with E-state index in [4.69, 9.17) is 0 Å². The molecule has 1 aliphatic rings. The Bertz CT molecular complexity index is 321. The van der Waals surface area contributed by atoms with Gasteiger partial charge in [-0.05, 0) is 24.2 Å². The van der Waals surface area contributed by atoms with Crippen molar-refractivity contribution in [2.75, 3.05) is 4.66 Å². The van der Waals surface area contributed by atoms with E-state index in [1.54, 1.807) is 0 Å². The lowest BCUT2D eigenvalue weighted by Gasteiger charge is -2.40. The molecule has 0 bridgehead atoms. The summed E-state index contributed by atoms with van der Waals surface area (Å²) >= 11 is 3.02. The van der Waals surface area contributed by atoms with E-state index in [-0.39, 0.29) is 16.1 Å². The second-order valence-electron chi connectivity index (χ2n) is 5.71. The number of sulfonamides is 1. The maximum absolute atomic E-state index is 11.6. The van der Waals surface area contributed by atoms with Gasteiger partial charge in [0.2, 0.25) is 10.0 Å². The molecule has 0 aromatic heterocycles. The molecule has 1 aliphatic carbocycles. The third-order valence-electron chi connectivity index (χ3n) is 3.35. The summed E-state index contributed by atoms with van der Waals surface area (Å²) in [6, 6.07) is 0.108. The number of halogens is 1. The van der Waals surface area contributed by atoms with Crippen LogP contribution in [0.25, 0.3) is 0 Å². The van der Waals surface area contributed by atoms with Gasteiger partial charge in [-0.15, -0.1) is 0 Å². The predicted octanol–water partition coefficient (Wildman–Crippen LogP) is 2.86. The first-order valence-electron chi connectivity index (χ1n) is 5.82. The molecule has 1 saturated carbocycles. The van der Waals surface area contributed by atoms with E-state index in [2.05, 4.69) is 41.4 Å². The molecule has 0 aliphatic heterocycles. The Hall–Kier alpha value is 0.390. The number of hydrogen-bond acceptors (Lipinski definition) is 2. The molecule has 16 heavy (non-hydrogen) atoms. The van der Waals surface area contributed by atoms with Crippen molar-refractivity contribution in [3.05, 3.63) is 0 Å². The van der Waals surface area contributed by atoms with Crippen LogP contribution in [0, 0.1) is 11.3 Å². The van der Waals surface area contributed by atoms with Crippen molar-refractivity contribution >= 4 is 26.0 Å². The fraction of sp³-hybridized carbons (Fsp3) is 1.00. The summed E-state index contributed by atoms with van der Waals surface area (Å²) in [5, 5.41) is 0. The first-order valence-corrected chi connectivity index (χ1v) is 8.59. The molecular weight excluding hydrogens is 290 g/mol. The highest BCUT2D eigenvalue weighted by molar-refractivity contribution is 9.10. The minimum atomic E-state index is -3.15. The largest absolute Gasteiger partial charge is 0.221 e. The van der Waals surface area contributed by atoms with E-state index in [9.17, 15) is 8.42 Å². The van der Waals surface area contributed by atoms with Gasteiger partial charge < -0.3 is 0 Å². The van der Waals surface area contributed by atoms with Crippen LogP contribution in [0.5, 0.6) is 0 Å². The average Bonchev–Trinajstić information content (AvgIpc) is 2.16. The van der Waals surface area contributed by atoms with E-state index in [1.165, 1.54) is 6.42 Å². The molecule has 5 heteroatoms. The summed E-state index contributed by atoms with van der Waals surface area (Å²) in [6.07, 6.45) is 4.43. The standard InChI is InChI=1S/C11H22BrNO2S/c1-11(2,3)9-6-4-5-7-10(9)13-16(14,15)8-12/h9-10,13H,4-8H2,1-3H3. The molecule has 1 fully saturated rings. The van der Waals surface area contributed by atoms with E-state index in [0.717, 1.165) is 19.3 Å². The third-order valence-corrected chi connectivity index (χ3v) is 6.11. The van der Waals surface area contributed by atoms with Gasteiger partial charge in [0, 0.05) is 6.04 Å². The van der Waals surface area contributed by atoms with Crippen LogP contribution in [0.15, 0.2) is 0 Å². The van der Waals surface area contributed by atoms with Gasteiger partial charge in [-0.2, -0.15) is 0 Å². The normalized spacial score (nSPS) is 28.0. The second kappa shape index (κ2) is 5.36. The van der Waals surface area contributed by atoms with Gasteiger partial charge in [-0.1, -0.05) is 49.5 Å². The first kappa shape index (κ1) is 14.5. The molecule has 0 amide bonds. The van der Waals surface area contributed by atoms with E-state index >= 15 is 0 Å². The van der Waals surface area contributed by atoms with Crippen molar-refractivity contribution in [3.8, 4) is 0 Å². The van der Waals surface area contributed by atoms with Gasteiger partial charge in [0.15, 0.2) is 0 Å². The van der Waals surface area contributed by atoms with Crippen LogP contribution in [-0.4, -0.2) is 19.1 Å². The van der Waals surface area contributed by atoms with E-state index in [0.29, 0.717) is 5.92 Å². The monoisotopic (exact) mass is 311 g/mol. The van der Waals surface area contributed by atoms with Crippen molar-refractivity contribution < 1.29 is 8.42 Å². The quantitative estimate of drug-likeness (QED) is 0.815. The molecule has 3 nitrogen and oxygen atoms in total. The van der Waals surface area contributed by atoms with Crippen molar-refractivity contribution in [3.63, 3.8) is 0 Å². The lowest BCUT2D eigenvalue weighted by atomic mass is 9.70. The zero-order valence-corrected chi connectivity index (χ0v) is 12.7. The van der Waals surface area contributed by atoms with Crippen LogP contribution in [0.3, 0.4) is 0 Å². The van der Waals surface area contributed by atoms with Crippen LogP contribution < -0.4 is 4.72 Å². The molecule has 1 rings (SSSR count). The molecule has 0 aromatic carbocycles. The molecule has 2 unspecified atom stereocenters. The van der Waals surface area contributed by atoms with Gasteiger partial charge in [0.1, 0.15) is 4.66 Å². The van der Waals surface area contributed by atoms with Crippen molar-refractivity contribution in [2.45, 2.75) is 52.5 Å². The highest BCUT2D eigenvalue weighted by Gasteiger charge is 2.35.